The fourth-order valence-electron chi connectivity index (χ4n) is 4.13. The lowest BCUT2D eigenvalue weighted by Gasteiger charge is -2.44. The number of likely N-dealkylation sites (tertiary alicyclic amines) is 1. The van der Waals surface area contributed by atoms with Gasteiger partial charge in [0.2, 0.25) is 0 Å². The first-order valence-corrected chi connectivity index (χ1v) is 8.47. The van der Waals surface area contributed by atoms with Crippen molar-refractivity contribution >= 4 is 0 Å². The molecular formula is C17H33NO. The molecule has 2 heterocycles. The van der Waals surface area contributed by atoms with Crippen molar-refractivity contribution in [3.63, 3.8) is 0 Å². The Kier molecular flexibility index (Phi) is 5.30. The fraction of sp³-hybridized carbons (Fsp3) is 1.00. The van der Waals surface area contributed by atoms with Crippen LogP contribution in [0.3, 0.4) is 0 Å². The summed E-state index contributed by atoms with van der Waals surface area (Å²) in [5, 5.41) is 0. The van der Waals surface area contributed by atoms with Crippen LogP contribution in [0.4, 0.5) is 0 Å². The number of piperidine rings is 1. The lowest BCUT2D eigenvalue weighted by atomic mass is 9.73. The largest absolute Gasteiger partial charge is 0.374 e. The smallest absolute Gasteiger partial charge is 0.0738 e. The van der Waals surface area contributed by atoms with Crippen LogP contribution in [0.15, 0.2) is 0 Å². The molecule has 0 aliphatic carbocycles. The van der Waals surface area contributed by atoms with Crippen LogP contribution in [-0.2, 0) is 4.74 Å². The van der Waals surface area contributed by atoms with Crippen molar-refractivity contribution in [3.05, 3.63) is 0 Å². The predicted molar refractivity (Wildman–Crippen MR) is 81.4 cm³/mol. The van der Waals surface area contributed by atoms with E-state index in [-0.39, 0.29) is 5.60 Å². The SMILES string of the molecule is CCCCCC1C(C)COC12CCN(C(C)C)CC2. The Bertz CT molecular complexity index is 268. The first-order chi connectivity index (χ1) is 9.09. The Balaban J connectivity index is 1.93. The van der Waals surface area contributed by atoms with Crippen LogP contribution in [0.25, 0.3) is 0 Å². The molecule has 2 heteroatoms. The quantitative estimate of drug-likeness (QED) is 0.696. The van der Waals surface area contributed by atoms with Gasteiger partial charge in [-0.3, -0.25) is 0 Å². The van der Waals surface area contributed by atoms with Crippen LogP contribution in [0, 0.1) is 11.8 Å². The van der Waals surface area contributed by atoms with Crippen molar-refractivity contribution in [1.82, 2.24) is 4.90 Å². The van der Waals surface area contributed by atoms with E-state index in [9.17, 15) is 0 Å². The van der Waals surface area contributed by atoms with Gasteiger partial charge in [-0.1, -0.05) is 33.1 Å². The molecule has 2 atom stereocenters. The van der Waals surface area contributed by atoms with Gasteiger partial charge in [0.1, 0.15) is 0 Å². The highest BCUT2D eigenvalue weighted by Gasteiger charge is 2.48. The summed E-state index contributed by atoms with van der Waals surface area (Å²) in [4.78, 5) is 2.61. The van der Waals surface area contributed by atoms with Crippen molar-refractivity contribution in [3.8, 4) is 0 Å². The van der Waals surface area contributed by atoms with Crippen LogP contribution in [0.5, 0.6) is 0 Å². The molecule has 0 bridgehead atoms. The molecule has 0 amide bonds. The number of rotatable bonds is 5. The lowest BCUT2D eigenvalue weighted by Crippen LogP contribution is -2.50. The highest BCUT2D eigenvalue weighted by atomic mass is 16.5. The average Bonchev–Trinajstić information content (AvgIpc) is 2.69. The molecule has 0 aromatic carbocycles. The summed E-state index contributed by atoms with van der Waals surface area (Å²) < 4.78 is 6.34. The van der Waals surface area contributed by atoms with Gasteiger partial charge in [0.25, 0.3) is 0 Å². The minimum Gasteiger partial charge on any atom is -0.374 e. The number of ether oxygens (including phenoxy) is 1. The molecule has 19 heavy (non-hydrogen) atoms. The summed E-state index contributed by atoms with van der Waals surface area (Å²) in [7, 11) is 0. The third kappa shape index (κ3) is 3.33. The molecule has 0 aromatic heterocycles. The molecule has 2 unspecified atom stereocenters. The van der Waals surface area contributed by atoms with E-state index >= 15 is 0 Å². The van der Waals surface area contributed by atoms with Crippen molar-refractivity contribution < 1.29 is 4.74 Å². The highest BCUT2D eigenvalue weighted by molar-refractivity contribution is 4.99. The van der Waals surface area contributed by atoms with Crippen molar-refractivity contribution in [2.24, 2.45) is 11.8 Å². The maximum Gasteiger partial charge on any atom is 0.0738 e. The topological polar surface area (TPSA) is 12.5 Å². The van der Waals surface area contributed by atoms with Gasteiger partial charge in [-0.2, -0.15) is 0 Å². The molecular weight excluding hydrogens is 234 g/mol. The molecule has 2 rings (SSSR count). The molecule has 2 saturated heterocycles. The van der Waals surface area contributed by atoms with Gasteiger partial charge in [-0.05, 0) is 44.9 Å². The van der Waals surface area contributed by atoms with E-state index in [1.165, 1.54) is 51.6 Å². The Morgan fingerprint density at radius 2 is 1.89 bits per heavy atom. The van der Waals surface area contributed by atoms with Crippen LogP contribution in [0.1, 0.15) is 66.2 Å². The summed E-state index contributed by atoms with van der Waals surface area (Å²) in [6, 6.07) is 0.690. The molecule has 2 aliphatic rings. The molecule has 112 valence electrons. The maximum atomic E-state index is 6.34. The minimum absolute atomic E-state index is 0.235. The molecule has 0 radical (unpaired) electrons. The number of hydrogen-bond acceptors (Lipinski definition) is 2. The van der Waals surface area contributed by atoms with Gasteiger partial charge in [0, 0.05) is 19.1 Å². The molecule has 0 N–H and O–H groups in total. The molecule has 0 aromatic rings. The third-order valence-corrected chi connectivity index (χ3v) is 5.49. The van der Waals surface area contributed by atoms with Gasteiger partial charge < -0.3 is 9.64 Å². The summed E-state index contributed by atoms with van der Waals surface area (Å²) in [6.45, 7) is 12.8. The normalized spacial score (nSPS) is 31.4. The Morgan fingerprint density at radius 3 is 2.47 bits per heavy atom. The molecule has 1 spiro atoms. The molecule has 2 aliphatic heterocycles. The van der Waals surface area contributed by atoms with E-state index in [4.69, 9.17) is 4.74 Å². The zero-order valence-electron chi connectivity index (χ0n) is 13.5. The van der Waals surface area contributed by atoms with Crippen LogP contribution in [-0.4, -0.2) is 36.2 Å². The van der Waals surface area contributed by atoms with Gasteiger partial charge in [0.15, 0.2) is 0 Å². The second kappa shape index (κ2) is 6.58. The summed E-state index contributed by atoms with van der Waals surface area (Å²) in [5.74, 6) is 1.58. The maximum absolute atomic E-state index is 6.34. The minimum atomic E-state index is 0.235. The van der Waals surface area contributed by atoms with Crippen molar-refractivity contribution in [1.29, 1.82) is 0 Å². The predicted octanol–water partition coefficient (Wildman–Crippen LogP) is 4.09. The van der Waals surface area contributed by atoms with Crippen molar-refractivity contribution in [2.45, 2.75) is 77.9 Å². The van der Waals surface area contributed by atoms with E-state index in [0.29, 0.717) is 6.04 Å². The third-order valence-electron chi connectivity index (χ3n) is 5.49. The number of hydrogen-bond donors (Lipinski definition) is 0. The van der Waals surface area contributed by atoms with E-state index in [1.807, 2.05) is 0 Å². The van der Waals surface area contributed by atoms with Crippen LogP contribution < -0.4 is 0 Å². The van der Waals surface area contributed by atoms with Gasteiger partial charge in [-0.15, -0.1) is 0 Å². The zero-order chi connectivity index (χ0) is 13.9. The number of unbranched alkanes of at least 4 members (excludes halogenated alkanes) is 2. The monoisotopic (exact) mass is 267 g/mol. The fourth-order valence-corrected chi connectivity index (χ4v) is 4.13. The summed E-state index contributed by atoms with van der Waals surface area (Å²) in [5.41, 5.74) is 0.235. The molecule has 2 nitrogen and oxygen atoms in total. The van der Waals surface area contributed by atoms with Gasteiger partial charge in [0.05, 0.1) is 12.2 Å². The van der Waals surface area contributed by atoms with Crippen molar-refractivity contribution in [2.75, 3.05) is 19.7 Å². The Labute approximate surface area is 119 Å². The molecule has 2 fully saturated rings. The van der Waals surface area contributed by atoms with Crippen LogP contribution >= 0.6 is 0 Å². The molecule has 0 saturated carbocycles. The second-order valence-corrected chi connectivity index (χ2v) is 7.09. The van der Waals surface area contributed by atoms with E-state index in [0.717, 1.165) is 18.4 Å². The zero-order valence-corrected chi connectivity index (χ0v) is 13.5. The highest BCUT2D eigenvalue weighted by Crippen LogP contribution is 2.46. The van der Waals surface area contributed by atoms with Gasteiger partial charge in [-0.25, -0.2) is 0 Å². The average molecular weight is 267 g/mol. The van der Waals surface area contributed by atoms with E-state index < -0.39 is 0 Å². The first-order valence-electron chi connectivity index (χ1n) is 8.47. The van der Waals surface area contributed by atoms with Gasteiger partial charge >= 0.3 is 0 Å². The van der Waals surface area contributed by atoms with E-state index in [1.54, 1.807) is 0 Å². The lowest BCUT2D eigenvalue weighted by molar-refractivity contribution is -0.0727. The second-order valence-electron chi connectivity index (χ2n) is 7.09. The summed E-state index contributed by atoms with van der Waals surface area (Å²) >= 11 is 0. The Morgan fingerprint density at radius 1 is 1.21 bits per heavy atom. The van der Waals surface area contributed by atoms with Crippen LogP contribution in [0.2, 0.25) is 0 Å². The number of nitrogens with zero attached hydrogens (tertiary/aromatic N) is 1. The Hall–Kier alpha value is -0.0800. The summed E-state index contributed by atoms with van der Waals surface area (Å²) in [6.07, 6.45) is 8.01. The standard InChI is InChI=1S/C17H33NO/c1-5-6-7-8-16-15(4)13-19-17(16)9-11-18(12-10-17)14(2)3/h14-16H,5-13H2,1-4H3. The first kappa shape index (κ1) is 15.3. The van der Waals surface area contributed by atoms with E-state index in [2.05, 4.69) is 32.6 Å².